The van der Waals surface area contributed by atoms with Crippen LogP contribution in [0.5, 0.6) is 0 Å². The molecule has 1 atom stereocenters. The summed E-state index contributed by atoms with van der Waals surface area (Å²) in [4.78, 5) is 37.0. The van der Waals surface area contributed by atoms with E-state index in [2.05, 4.69) is 36.9 Å². The highest BCUT2D eigenvalue weighted by atomic mass is 32.2. The van der Waals surface area contributed by atoms with Gasteiger partial charge in [-0.1, -0.05) is 12.1 Å². The van der Waals surface area contributed by atoms with E-state index in [1.165, 1.54) is 19.2 Å². The fraction of sp³-hybridized carbons (Fsp3) is 0.407. The average Bonchev–Trinajstić information content (AvgIpc) is 3.85. The number of hydrogen-bond acceptors (Lipinski definition) is 9. The molecule has 1 aromatic carbocycles. The van der Waals surface area contributed by atoms with Crippen LogP contribution in [-0.2, 0) is 16.6 Å². The van der Waals surface area contributed by atoms with Gasteiger partial charge in [0.25, 0.3) is 5.56 Å². The summed E-state index contributed by atoms with van der Waals surface area (Å²) in [5.41, 5.74) is 4.20. The molecule has 3 aromatic heterocycles. The first-order chi connectivity index (χ1) is 18.8. The fourth-order valence-corrected chi connectivity index (χ4v) is 5.66. The fourth-order valence-electron chi connectivity index (χ4n) is 4.93. The number of nitrogens with one attached hydrogen (secondary N) is 2. The molecule has 3 heterocycles. The minimum atomic E-state index is -3.52. The van der Waals surface area contributed by atoms with Crippen molar-refractivity contribution in [3.63, 3.8) is 0 Å². The smallest absolute Gasteiger partial charge is 0.295 e. The molecular weight excluding hydrogens is 516 g/mol. The lowest BCUT2D eigenvalue weighted by Gasteiger charge is -2.19. The average molecular weight is 547 g/mol. The molecule has 0 aliphatic heterocycles. The molecule has 0 unspecified atom stereocenters. The van der Waals surface area contributed by atoms with E-state index < -0.39 is 10.0 Å². The normalized spacial score (nSPS) is 16.4. The minimum absolute atomic E-state index is 0.0478. The number of rotatable bonds is 9. The van der Waals surface area contributed by atoms with Gasteiger partial charge in [-0.2, -0.15) is 0 Å². The third-order valence-corrected chi connectivity index (χ3v) is 8.99. The summed E-state index contributed by atoms with van der Waals surface area (Å²) in [5.74, 6) is 1.52. The summed E-state index contributed by atoms with van der Waals surface area (Å²) >= 11 is 0. The Labute approximate surface area is 226 Å². The highest BCUT2D eigenvalue weighted by Crippen LogP contribution is 2.43. The van der Waals surface area contributed by atoms with Crippen molar-refractivity contribution in [2.75, 3.05) is 12.4 Å². The summed E-state index contributed by atoms with van der Waals surface area (Å²) in [6.07, 6.45) is 7.56. The minimum Gasteiger partial charge on any atom is -0.361 e. The van der Waals surface area contributed by atoms with E-state index >= 15 is 0 Å². The molecule has 0 bridgehead atoms. The maximum absolute atomic E-state index is 13.8. The number of anilines is 1. The largest absolute Gasteiger partial charge is 0.361 e. The zero-order valence-corrected chi connectivity index (χ0v) is 22.9. The van der Waals surface area contributed by atoms with Crippen LogP contribution >= 0.6 is 0 Å². The summed E-state index contributed by atoms with van der Waals surface area (Å²) in [6.45, 7) is 4.29. The molecule has 2 aliphatic rings. The van der Waals surface area contributed by atoms with Gasteiger partial charge in [0.15, 0.2) is 17.3 Å². The van der Waals surface area contributed by atoms with E-state index in [-0.39, 0.29) is 22.3 Å². The Kier molecular flexibility index (Phi) is 6.38. The van der Waals surface area contributed by atoms with Crippen LogP contribution in [0.3, 0.4) is 0 Å². The molecule has 0 spiro atoms. The first kappa shape index (κ1) is 25.5. The van der Waals surface area contributed by atoms with Crippen molar-refractivity contribution in [2.45, 2.75) is 62.9 Å². The first-order valence-corrected chi connectivity index (χ1v) is 14.6. The van der Waals surface area contributed by atoms with Gasteiger partial charge in [-0.3, -0.25) is 9.36 Å². The molecule has 2 aliphatic carbocycles. The van der Waals surface area contributed by atoms with Gasteiger partial charge in [0.2, 0.25) is 10.0 Å². The van der Waals surface area contributed by atoms with Crippen molar-refractivity contribution in [2.24, 2.45) is 5.92 Å². The summed E-state index contributed by atoms with van der Waals surface area (Å²) in [7, 11) is -2.15. The number of aromatic nitrogens is 6. The molecule has 4 aromatic rings. The van der Waals surface area contributed by atoms with Gasteiger partial charge in [-0.05, 0) is 70.2 Å². The highest BCUT2D eigenvalue weighted by Gasteiger charge is 2.33. The summed E-state index contributed by atoms with van der Waals surface area (Å²) in [6, 6.07) is 6.44. The monoisotopic (exact) mass is 546 g/mol. The Morgan fingerprint density at radius 3 is 2.46 bits per heavy atom. The number of benzene rings is 1. The van der Waals surface area contributed by atoms with Gasteiger partial charge in [-0.15, -0.1) is 0 Å². The number of nitrogens with zero attached hydrogens (tertiary/aromatic N) is 6. The predicted octanol–water partition coefficient (Wildman–Crippen LogP) is 3.32. The van der Waals surface area contributed by atoms with Crippen molar-refractivity contribution in [3.8, 4) is 11.4 Å². The lowest BCUT2D eigenvalue weighted by atomic mass is 10.1. The highest BCUT2D eigenvalue weighted by molar-refractivity contribution is 7.89. The van der Waals surface area contributed by atoms with E-state index in [4.69, 9.17) is 4.98 Å². The summed E-state index contributed by atoms with van der Waals surface area (Å²) < 4.78 is 28.1. The lowest BCUT2D eigenvalue weighted by molar-refractivity contribution is 0.482. The first-order valence-electron chi connectivity index (χ1n) is 13.1. The number of sulfonamides is 1. The second-order valence-electron chi connectivity index (χ2n) is 10.3. The van der Waals surface area contributed by atoms with Gasteiger partial charge in [0.05, 0.1) is 28.0 Å². The van der Waals surface area contributed by atoms with Crippen molar-refractivity contribution < 1.29 is 8.42 Å². The van der Waals surface area contributed by atoms with Crippen molar-refractivity contribution in [1.82, 2.24) is 34.2 Å². The van der Waals surface area contributed by atoms with Crippen molar-refractivity contribution in [1.29, 1.82) is 0 Å². The topological polar surface area (TPSA) is 145 Å². The van der Waals surface area contributed by atoms with Crippen LogP contribution in [0.4, 0.5) is 5.82 Å². The lowest BCUT2D eigenvalue weighted by Crippen LogP contribution is -2.29. The Morgan fingerprint density at radius 1 is 1.05 bits per heavy atom. The van der Waals surface area contributed by atoms with Crippen LogP contribution in [0.25, 0.3) is 22.6 Å². The number of fused-ring (bicyclic) bond motifs is 1. The Bertz CT molecular complexity index is 1730. The van der Waals surface area contributed by atoms with Gasteiger partial charge in [0.1, 0.15) is 11.8 Å². The maximum atomic E-state index is 13.8. The number of hydrogen-bond donors (Lipinski definition) is 2. The van der Waals surface area contributed by atoms with Crippen LogP contribution in [0.2, 0.25) is 0 Å². The van der Waals surface area contributed by atoms with Crippen LogP contribution < -0.4 is 15.6 Å². The van der Waals surface area contributed by atoms with Gasteiger partial charge in [-0.25, -0.2) is 38.1 Å². The van der Waals surface area contributed by atoms with Crippen LogP contribution in [0, 0.1) is 12.8 Å². The summed E-state index contributed by atoms with van der Waals surface area (Å²) in [5, 5.41) is 3.15. The van der Waals surface area contributed by atoms with Gasteiger partial charge >= 0.3 is 0 Å². The third kappa shape index (κ3) is 4.89. The van der Waals surface area contributed by atoms with E-state index in [1.807, 2.05) is 6.92 Å². The quantitative estimate of drug-likeness (QED) is 0.323. The molecule has 202 valence electrons. The van der Waals surface area contributed by atoms with E-state index in [0.717, 1.165) is 48.2 Å². The van der Waals surface area contributed by atoms with Crippen LogP contribution in [-0.4, -0.2) is 45.0 Å². The van der Waals surface area contributed by atoms with E-state index in [1.54, 1.807) is 29.2 Å². The van der Waals surface area contributed by atoms with Crippen molar-refractivity contribution in [3.05, 3.63) is 64.1 Å². The molecule has 2 fully saturated rings. The number of aryl methyl sites for hydroxylation is 1. The van der Waals surface area contributed by atoms with Gasteiger partial charge in [0, 0.05) is 18.5 Å². The van der Waals surface area contributed by atoms with E-state index in [0.29, 0.717) is 35.4 Å². The van der Waals surface area contributed by atoms with Crippen LogP contribution in [0.15, 0.2) is 46.5 Å². The Balaban J connectivity index is 1.38. The maximum Gasteiger partial charge on any atom is 0.295 e. The molecule has 0 radical (unpaired) electrons. The zero-order valence-electron chi connectivity index (χ0n) is 22.0. The van der Waals surface area contributed by atoms with E-state index in [9.17, 15) is 13.2 Å². The standard InChI is InChI=1S/C27H30N8O3S/c1-15-22(23(19-8-9-19)32-14-31-15)24-30-13-21-26(34-24)35(16(2)18-6-7-18)27(36)25(33-21)29-12-17-4-10-20(11-5-17)39(37,38)28-3/h4-5,10-11,13-14,16,18-19,28H,6-9,12H2,1-3H3,(H,29,33)/t16-/m0/s1. The third-order valence-electron chi connectivity index (χ3n) is 7.56. The second-order valence-corrected chi connectivity index (χ2v) is 12.2. The molecule has 0 saturated heterocycles. The molecule has 2 saturated carbocycles. The molecule has 39 heavy (non-hydrogen) atoms. The second kappa shape index (κ2) is 9.76. The molecule has 12 heteroatoms. The molecule has 6 rings (SSSR count). The SMILES string of the molecule is CNS(=O)(=O)c1ccc(CNc2nc3cnc(-c4c(C)ncnc4C4CC4)nc3n([C@@H](C)C3CC3)c2=O)cc1. The van der Waals surface area contributed by atoms with Crippen molar-refractivity contribution >= 4 is 27.0 Å². The Morgan fingerprint density at radius 2 is 1.79 bits per heavy atom. The molecule has 2 N–H and O–H groups in total. The molecular formula is C27H30N8O3S. The molecule has 0 amide bonds. The van der Waals surface area contributed by atoms with Gasteiger partial charge < -0.3 is 5.32 Å². The predicted molar refractivity (Wildman–Crippen MR) is 147 cm³/mol. The Hall–Kier alpha value is -3.77. The molecule has 11 nitrogen and oxygen atoms in total. The van der Waals surface area contributed by atoms with Crippen LogP contribution in [0.1, 0.15) is 61.5 Å². The zero-order chi connectivity index (χ0) is 27.3.